The Morgan fingerprint density at radius 1 is 1.19 bits per heavy atom. The lowest BCUT2D eigenvalue weighted by Crippen LogP contribution is -2.27. The fourth-order valence-corrected chi connectivity index (χ4v) is 2.97. The molecule has 21 heavy (non-hydrogen) atoms. The zero-order valence-electron chi connectivity index (χ0n) is 12.4. The smallest absolute Gasteiger partial charge is 0.254 e. The maximum Gasteiger partial charge on any atom is 0.254 e. The van der Waals surface area contributed by atoms with Gasteiger partial charge < -0.3 is 15.0 Å². The molecule has 0 bridgehead atoms. The number of amides is 1. The summed E-state index contributed by atoms with van der Waals surface area (Å²) in [5.41, 5.74) is 1.15. The van der Waals surface area contributed by atoms with E-state index in [1.54, 1.807) is 0 Å². The van der Waals surface area contributed by atoms with Gasteiger partial charge in [0.05, 0.1) is 11.9 Å². The van der Waals surface area contributed by atoms with Crippen LogP contribution in [0.1, 0.15) is 38.5 Å². The maximum absolute atomic E-state index is 12.0. The third-order valence-electron chi connectivity index (χ3n) is 4.19. The van der Waals surface area contributed by atoms with Crippen LogP contribution in [0.15, 0.2) is 18.3 Å². The molecule has 2 aliphatic rings. The van der Waals surface area contributed by atoms with E-state index in [0.717, 1.165) is 31.6 Å². The van der Waals surface area contributed by atoms with Gasteiger partial charge >= 0.3 is 0 Å². The first-order valence-corrected chi connectivity index (χ1v) is 7.96. The number of ether oxygens (including phenoxy) is 1. The monoisotopic (exact) mass is 289 g/mol. The molecule has 1 amide bonds. The highest BCUT2D eigenvalue weighted by atomic mass is 16.5. The summed E-state index contributed by atoms with van der Waals surface area (Å²) in [4.78, 5) is 18.7. The average molecular weight is 289 g/mol. The van der Waals surface area contributed by atoms with Crippen molar-refractivity contribution >= 4 is 17.4 Å². The third-order valence-corrected chi connectivity index (χ3v) is 4.19. The second kappa shape index (κ2) is 6.89. The summed E-state index contributed by atoms with van der Waals surface area (Å²) in [5.74, 6) is 0.525. The van der Waals surface area contributed by atoms with Gasteiger partial charge in [-0.2, -0.15) is 0 Å². The highest BCUT2D eigenvalue weighted by Gasteiger charge is 2.23. The first-order chi connectivity index (χ1) is 10.3. The van der Waals surface area contributed by atoms with E-state index in [-0.39, 0.29) is 12.0 Å². The predicted octanol–water partition coefficient (Wildman–Crippen LogP) is 2.58. The number of nitrogens with zero attached hydrogens (tertiary/aromatic N) is 2. The Morgan fingerprint density at radius 3 is 2.62 bits per heavy atom. The van der Waals surface area contributed by atoms with E-state index >= 15 is 0 Å². The summed E-state index contributed by atoms with van der Waals surface area (Å²) in [6, 6.07) is 3.93. The summed E-state index contributed by atoms with van der Waals surface area (Å²) in [6.45, 7) is 2.88. The molecule has 1 aromatic heterocycles. The number of carbonyl (C=O) groups excluding carboxylic acids is 1. The molecule has 0 aromatic carbocycles. The van der Waals surface area contributed by atoms with Crippen LogP contribution in [0.2, 0.25) is 0 Å². The van der Waals surface area contributed by atoms with Gasteiger partial charge in [-0.3, -0.25) is 4.79 Å². The summed E-state index contributed by atoms with van der Waals surface area (Å²) >= 11 is 0. The fourth-order valence-electron chi connectivity index (χ4n) is 2.97. The molecule has 2 aliphatic heterocycles. The molecular weight excluding hydrogens is 266 g/mol. The standard InChI is InChI=1S/C16H23N3O2/c20-16(14-6-5-11-21-14)18-15-8-7-13(12-17-15)19-9-3-1-2-4-10-19/h7-8,12,14H,1-6,9-11H2,(H,17,18,20). The average Bonchev–Trinajstić information content (AvgIpc) is 2.91. The number of carbonyl (C=O) groups is 1. The molecule has 1 aromatic rings. The second-order valence-electron chi connectivity index (χ2n) is 5.79. The van der Waals surface area contributed by atoms with Crippen molar-refractivity contribution < 1.29 is 9.53 Å². The van der Waals surface area contributed by atoms with E-state index in [1.165, 1.54) is 25.7 Å². The summed E-state index contributed by atoms with van der Waals surface area (Å²) in [5, 5.41) is 2.83. The normalized spacial score (nSPS) is 22.9. The first kappa shape index (κ1) is 14.3. The van der Waals surface area contributed by atoms with Crippen LogP contribution in [0.4, 0.5) is 11.5 Å². The number of hydrogen-bond donors (Lipinski definition) is 1. The van der Waals surface area contributed by atoms with Gasteiger partial charge in [-0.05, 0) is 37.8 Å². The topological polar surface area (TPSA) is 54.5 Å². The quantitative estimate of drug-likeness (QED) is 0.929. The van der Waals surface area contributed by atoms with Crippen molar-refractivity contribution in [2.24, 2.45) is 0 Å². The molecule has 5 heteroatoms. The lowest BCUT2D eigenvalue weighted by molar-refractivity contribution is -0.124. The molecule has 2 saturated heterocycles. The number of aromatic nitrogens is 1. The zero-order chi connectivity index (χ0) is 14.5. The van der Waals surface area contributed by atoms with Gasteiger partial charge in [-0.15, -0.1) is 0 Å². The van der Waals surface area contributed by atoms with Crippen molar-refractivity contribution in [1.29, 1.82) is 0 Å². The van der Waals surface area contributed by atoms with E-state index in [2.05, 4.69) is 15.2 Å². The minimum atomic E-state index is -0.308. The molecule has 0 radical (unpaired) electrons. The van der Waals surface area contributed by atoms with E-state index in [4.69, 9.17) is 4.74 Å². The van der Waals surface area contributed by atoms with Gasteiger partial charge in [-0.25, -0.2) is 4.98 Å². The van der Waals surface area contributed by atoms with Gasteiger partial charge in [-0.1, -0.05) is 12.8 Å². The van der Waals surface area contributed by atoms with Gasteiger partial charge in [0.1, 0.15) is 11.9 Å². The highest BCUT2D eigenvalue weighted by molar-refractivity contribution is 5.93. The SMILES string of the molecule is O=C(Nc1ccc(N2CCCCCC2)cn1)C1CCCO1. The minimum absolute atomic E-state index is 0.0810. The highest BCUT2D eigenvalue weighted by Crippen LogP contribution is 2.20. The predicted molar refractivity (Wildman–Crippen MR) is 82.5 cm³/mol. The van der Waals surface area contributed by atoms with Crippen molar-refractivity contribution in [3.63, 3.8) is 0 Å². The second-order valence-corrected chi connectivity index (χ2v) is 5.79. The van der Waals surface area contributed by atoms with Crippen molar-refractivity contribution in [3.8, 4) is 0 Å². The number of anilines is 2. The van der Waals surface area contributed by atoms with E-state index in [1.807, 2.05) is 18.3 Å². The van der Waals surface area contributed by atoms with E-state index in [0.29, 0.717) is 12.4 Å². The Balaban J connectivity index is 1.59. The van der Waals surface area contributed by atoms with Gasteiger partial charge in [0.15, 0.2) is 0 Å². The van der Waals surface area contributed by atoms with Crippen molar-refractivity contribution in [3.05, 3.63) is 18.3 Å². The van der Waals surface area contributed by atoms with Gasteiger partial charge in [0.25, 0.3) is 5.91 Å². The van der Waals surface area contributed by atoms with Crippen LogP contribution in [0.25, 0.3) is 0 Å². The molecule has 1 atom stereocenters. The molecule has 0 saturated carbocycles. The molecule has 3 heterocycles. The van der Waals surface area contributed by atoms with Crippen LogP contribution in [0.3, 0.4) is 0 Å². The number of pyridine rings is 1. The van der Waals surface area contributed by atoms with Crippen molar-refractivity contribution in [2.45, 2.75) is 44.6 Å². The largest absolute Gasteiger partial charge is 0.370 e. The number of nitrogens with one attached hydrogen (secondary N) is 1. The van der Waals surface area contributed by atoms with E-state index in [9.17, 15) is 4.79 Å². The Labute approximate surface area is 125 Å². The maximum atomic E-state index is 12.0. The Kier molecular flexibility index (Phi) is 4.70. The van der Waals surface area contributed by atoms with Crippen molar-refractivity contribution in [1.82, 2.24) is 4.98 Å². The zero-order valence-corrected chi connectivity index (χ0v) is 12.4. The lowest BCUT2D eigenvalue weighted by atomic mass is 10.2. The van der Waals surface area contributed by atoms with E-state index < -0.39 is 0 Å². The van der Waals surface area contributed by atoms with Crippen LogP contribution >= 0.6 is 0 Å². The molecular formula is C16H23N3O2. The molecule has 3 rings (SSSR count). The lowest BCUT2D eigenvalue weighted by Gasteiger charge is -2.22. The van der Waals surface area contributed by atoms with Crippen LogP contribution in [-0.4, -0.2) is 36.7 Å². The molecule has 1 N–H and O–H groups in total. The molecule has 114 valence electrons. The summed E-state index contributed by atoms with van der Waals surface area (Å²) in [7, 11) is 0. The molecule has 0 spiro atoms. The van der Waals surface area contributed by atoms with Gasteiger partial charge in [0.2, 0.25) is 0 Å². The molecule has 2 fully saturated rings. The van der Waals surface area contributed by atoms with Crippen molar-refractivity contribution in [2.75, 3.05) is 29.9 Å². The molecule has 5 nitrogen and oxygen atoms in total. The minimum Gasteiger partial charge on any atom is -0.370 e. The Hall–Kier alpha value is -1.62. The molecule has 0 aliphatic carbocycles. The summed E-state index contributed by atoms with van der Waals surface area (Å²) in [6.07, 6.45) is 8.44. The number of hydrogen-bond acceptors (Lipinski definition) is 4. The van der Waals surface area contributed by atoms with Crippen LogP contribution < -0.4 is 10.2 Å². The Morgan fingerprint density at radius 2 is 2.00 bits per heavy atom. The first-order valence-electron chi connectivity index (χ1n) is 7.96. The molecule has 1 unspecified atom stereocenters. The Bertz CT molecular complexity index is 461. The fraction of sp³-hybridized carbons (Fsp3) is 0.625. The van der Waals surface area contributed by atoms with Crippen LogP contribution in [0.5, 0.6) is 0 Å². The summed E-state index contributed by atoms with van der Waals surface area (Å²) < 4.78 is 5.37. The third kappa shape index (κ3) is 3.73. The van der Waals surface area contributed by atoms with Gasteiger partial charge in [0, 0.05) is 19.7 Å². The van der Waals surface area contributed by atoms with Crippen LogP contribution in [-0.2, 0) is 9.53 Å². The number of rotatable bonds is 3. The van der Waals surface area contributed by atoms with Crippen LogP contribution in [0, 0.1) is 0 Å².